The third-order valence-electron chi connectivity index (χ3n) is 5.23. The van der Waals surface area contributed by atoms with Crippen molar-refractivity contribution in [3.63, 3.8) is 0 Å². The van der Waals surface area contributed by atoms with Gasteiger partial charge in [0.25, 0.3) is 0 Å². The van der Waals surface area contributed by atoms with Crippen molar-refractivity contribution in [2.75, 3.05) is 0 Å². The number of rotatable bonds is 6. The number of nitro benzene ring substituents is 2. The van der Waals surface area contributed by atoms with E-state index in [0.29, 0.717) is 10.8 Å². The maximum Gasteiger partial charge on any atom is 0.311 e. The smallest absolute Gasteiger partial charge is 0.311 e. The van der Waals surface area contributed by atoms with Gasteiger partial charge in [0.05, 0.1) is 9.85 Å². The number of phenolic OH excluding ortho intramolecular Hbond substituents is 2. The van der Waals surface area contributed by atoms with Gasteiger partial charge < -0.3 is 10.2 Å². The van der Waals surface area contributed by atoms with Gasteiger partial charge in [0.1, 0.15) is 0 Å². The van der Waals surface area contributed by atoms with Crippen molar-refractivity contribution in [3.8, 4) is 11.5 Å². The van der Waals surface area contributed by atoms with Crippen molar-refractivity contribution in [1.82, 2.24) is 0 Å². The number of hydrogen-bond donors (Lipinski definition) is 2. The molecule has 4 rings (SSSR count). The standard InChI is InChI=1S/C24H14N2O8/c27-21-7-5-17(11-19(21)25(31)32)23(29)15-3-1-13-9-16(4-2-14(13)10-15)24(30)18-6-8-22(28)20(12-18)26(33)34/h1-12,27-28H. The average Bonchev–Trinajstić information content (AvgIpc) is 2.82. The quantitative estimate of drug-likeness (QED) is 0.242. The van der Waals surface area contributed by atoms with E-state index in [-0.39, 0.29) is 22.3 Å². The second-order valence-corrected chi connectivity index (χ2v) is 7.36. The van der Waals surface area contributed by atoms with Crippen LogP contribution in [0.2, 0.25) is 0 Å². The number of benzene rings is 4. The number of hydrogen-bond acceptors (Lipinski definition) is 8. The highest BCUT2D eigenvalue weighted by Crippen LogP contribution is 2.29. The van der Waals surface area contributed by atoms with Crippen LogP contribution in [-0.4, -0.2) is 31.6 Å². The second-order valence-electron chi connectivity index (χ2n) is 7.36. The maximum absolute atomic E-state index is 12.8. The Kier molecular flexibility index (Phi) is 5.48. The Morgan fingerprint density at radius 1 is 0.559 bits per heavy atom. The molecule has 4 aromatic rings. The monoisotopic (exact) mass is 458 g/mol. The number of phenols is 2. The summed E-state index contributed by atoms with van der Waals surface area (Å²) in [6.45, 7) is 0. The van der Waals surface area contributed by atoms with Gasteiger partial charge in [-0.05, 0) is 47.2 Å². The van der Waals surface area contributed by atoms with Gasteiger partial charge in [-0.3, -0.25) is 29.8 Å². The van der Waals surface area contributed by atoms with Crippen LogP contribution < -0.4 is 0 Å². The minimum Gasteiger partial charge on any atom is -0.502 e. The number of aromatic hydroxyl groups is 2. The fourth-order valence-corrected chi connectivity index (χ4v) is 3.48. The van der Waals surface area contributed by atoms with Crippen LogP contribution in [0.3, 0.4) is 0 Å². The van der Waals surface area contributed by atoms with Gasteiger partial charge in [-0.25, -0.2) is 0 Å². The van der Waals surface area contributed by atoms with Crippen LogP contribution in [0, 0.1) is 20.2 Å². The number of carbonyl (C=O) groups excluding carboxylic acids is 2. The molecule has 0 saturated heterocycles. The second kappa shape index (κ2) is 8.43. The van der Waals surface area contributed by atoms with E-state index >= 15 is 0 Å². The molecule has 0 aliphatic heterocycles. The number of nitro groups is 2. The van der Waals surface area contributed by atoms with Gasteiger partial charge in [0, 0.05) is 34.4 Å². The lowest BCUT2D eigenvalue weighted by Gasteiger charge is -2.07. The topological polar surface area (TPSA) is 161 Å². The molecule has 168 valence electrons. The summed E-state index contributed by atoms with van der Waals surface area (Å²) in [5, 5.41) is 42.5. The fourth-order valence-electron chi connectivity index (χ4n) is 3.48. The molecule has 0 spiro atoms. The molecule has 0 heterocycles. The van der Waals surface area contributed by atoms with Crippen LogP contribution in [0.15, 0.2) is 72.8 Å². The van der Waals surface area contributed by atoms with E-state index in [1.807, 2.05) is 0 Å². The Bertz CT molecular complexity index is 1410. The maximum atomic E-state index is 12.8. The van der Waals surface area contributed by atoms with Gasteiger partial charge in [-0.15, -0.1) is 0 Å². The fraction of sp³-hybridized carbons (Fsp3) is 0. The number of carbonyl (C=O) groups is 2. The average molecular weight is 458 g/mol. The summed E-state index contributed by atoms with van der Waals surface area (Å²) in [7, 11) is 0. The zero-order chi connectivity index (χ0) is 24.6. The summed E-state index contributed by atoms with van der Waals surface area (Å²) in [5.74, 6) is -2.06. The zero-order valence-electron chi connectivity index (χ0n) is 17.2. The predicted molar refractivity (Wildman–Crippen MR) is 120 cm³/mol. The largest absolute Gasteiger partial charge is 0.502 e. The molecule has 4 aromatic carbocycles. The van der Waals surface area contributed by atoms with Crippen LogP contribution in [0.1, 0.15) is 31.8 Å². The Morgan fingerprint density at radius 3 is 1.24 bits per heavy atom. The van der Waals surface area contributed by atoms with Crippen LogP contribution in [0.25, 0.3) is 10.8 Å². The van der Waals surface area contributed by atoms with E-state index < -0.39 is 44.3 Å². The van der Waals surface area contributed by atoms with Crippen molar-refractivity contribution in [2.45, 2.75) is 0 Å². The first-order valence-electron chi connectivity index (χ1n) is 9.74. The van der Waals surface area contributed by atoms with Crippen molar-refractivity contribution in [3.05, 3.63) is 115 Å². The summed E-state index contributed by atoms with van der Waals surface area (Å²) < 4.78 is 0. The number of ketones is 2. The Hall–Kier alpha value is -5.12. The lowest BCUT2D eigenvalue weighted by molar-refractivity contribution is -0.386. The van der Waals surface area contributed by atoms with Crippen molar-refractivity contribution in [1.29, 1.82) is 0 Å². The summed E-state index contributed by atoms with van der Waals surface area (Å²) in [6.07, 6.45) is 0. The minimum absolute atomic E-state index is 0.0320. The van der Waals surface area contributed by atoms with Crippen LogP contribution in [-0.2, 0) is 0 Å². The molecule has 0 unspecified atom stereocenters. The molecule has 0 atom stereocenters. The van der Waals surface area contributed by atoms with Gasteiger partial charge in [0.15, 0.2) is 23.1 Å². The van der Waals surface area contributed by atoms with Crippen molar-refractivity contribution < 1.29 is 29.6 Å². The molecule has 0 aliphatic carbocycles. The summed E-state index contributed by atoms with van der Waals surface area (Å²) in [4.78, 5) is 46.1. The van der Waals surface area contributed by atoms with Gasteiger partial charge in [-0.1, -0.05) is 24.3 Å². The molecule has 10 heteroatoms. The molecule has 34 heavy (non-hydrogen) atoms. The summed E-state index contributed by atoms with van der Waals surface area (Å²) >= 11 is 0. The molecule has 2 N–H and O–H groups in total. The molecule has 0 saturated carbocycles. The number of fused-ring (bicyclic) bond motifs is 1. The third-order valence-corrected chi connectivity index (χ3v) is 5.23. The van der Waals surface area contributed by atoms with E-state index in [9.17, 15) is 40.0 Å². The molecule has 0 amide bonds. The summed E-state index contributed by atoms with van der Waals surface area (Å²) in [5.41, 5.74) is -0.593. The van der Waals surface area contributed by atoms with Crippen LogP contribution in [0.5, 0.6) is 11.5 Å². The van der Waals surface area contributed by atoms with Crippen LogP contribution >= 0.6 is 0 Å². The van der Waals surface area contributed by atoms with E-state index in [0.717, 1.165) is 24.3 Å². The molecule has 10 nitrogen and oxygen atoms in total. The normalized spacial score (nSPS) is 10.7. The van der Waals surface area contributed by atoms with E-state index in [1.165, 1.54) is 24.3 Å². The van der Waals surface area contributed by atoms with Crippen molar-refractivity contribution >= 4 is 33.7 Å². The zero-order valence-corrected chi connectivity index (χ0v) is 17.2. The van der Waals surface area contributed by atoms with Gasteiger partial charge in [-0.2, -0.15) is 0 Å². The highest BCUT2D eigenvalue weighted by atomic mass is 16.6. The molecule has 0 radical (unpaired) electrons. The third kappa shape index (κ3) is 4.02. The lowest BCUT2D eigenvalue weighted by Crippen LogP contribution is -2.03. The highest BCUT2D eigenvalue weighted by Gasteiger charge is 2.20. The first-order chi connectivity index (χ1) is 16.2. The highest BCUT2D eigenvalue weighted by molar-refractivity contribution is 6.13. The predicted octanol–water partition coefficient (Wildman–Crippen LogP) is 4.53. The van der Waals surface area contributed by atoms with Gasteiger partial charge >= 0.3 is 11.4 Å². The molecular weight excluding hydrogens is 444 g/mol. The molecule has 0 aliphatic rings. The molecular formula is C24H14N2O8. The lowest BCUT2D eigenvalue weighted by atomic mass is 9.96. The Morgan fingerprint density at radius 2 is 0.882 bits per heavy atom. The summed E-state index contributed by atoms with van der Waals surface area (Å²) in [6, 6.07) is 16.1. The number of nitrogens with zero attached hydrogens (tertiary/aromatic N) is 2. The van der Waals surface area contributed by atoms with E-state index in [2.05, 4.69) is 0 Å². The molecule has 0 fully saturated rings. The Labute approximate surface area is 190 Å². The van der Waals surface area contributed by atoms with Crippen molar-refractivity contribution in [2.24, 2.45) is 0 Å². The Balaban J connectivity index is 1.66. The van der Waals surface area contributed by atoms with Crippen LogP contribution in [0.4, 0.5) is 11.4 Å². The van der Waals surface area contributed by atoms with E-state index in [1.54, 1.807) is 24.3 Å². The molecule has 0 aromatic heterocycles. The van der Waals surface area contributed by atoms with Gasteiger partial charge in [0.2, 0.25) is 0 Å². The first kappa shape index (κ1) is 22.1. The van der Waals surface area contributed by atoms with E-state index in [4.69, 9.17) is 0 Å². The molecule has 0 bridgehead atoms. The first-order valence-corrected chi connectivity index (χ1v) is 9.74. The SMILES string of the molecule is O=C(c1ccc(O)c([N+](=O)[O-])c1)c1ccc2cc(C(=O)c3ccc(O)c([N+](=O)[O-])c3)ccc2c1. The minimum atomic E-state index is -0.784.